The SMILES string of the molecule is COc1cccc(C=NCCOc2ccc(Cl)cc2)c1O. The summed E-state index contributed by atoms with van der Waals surface area (Å²) in [6.45, 7) is 0.933. The van der Waals surface area contributed by atoms with Crippen molar-refractivity contribution in [2.24, 2.45) is 4.99 Å². The standard InChI is InChI=1S/C16H16ClNO3/c1-20-15-4-2-3-12(16(15)19)11-18-9-10-21-14-7-5-13(17)6-8-14/h2-8,11,19H,9-10H2,1H3. The van der Waals surface area contributed by atoms with Gasteiger partial charge in [-0.05, 0) is 36.4 Å². The first-order chi connectivity index (χ1) is 10.2. The second-order valence-corrected chi connectivity index (χ2v) is 4.67. The summed E-state index contributed by atoms with van der Waals surface area (Å²) >= 11 is 5.79. The molecule has 0 aromatic heterocycles. The Morgan fingerprint density at radius 3 is 2.67 bits per heavy atom. The number of phenols is 1. The number of aromatic hydroxyl groups is 1. The zero-order valence-corrected chi connectivity index (χ0v) is 12.4. The summed E-state index contributed by atoms with van der Waals surface area (Å²) in [5, 5.41) is 10.6. The van der Waals surface area contributed by atoms with Crippen molar-refractivity contribution in [1.82, 2.24) is 0 Å². The molecule has 0 spiro atoms. The smallest absolute Gasteiger partial charge is 0.166 e. The fraction of sp³-hybridized carbons (Fsp3) is 0.188. The molecule has 21 heavy (non-hydrogen) atoms. The Bertz CT molecular complexity index is 611. The van der Waals surface area contributed by atoms with Crippen LogP contribution in [-0.4, -0.2) is 31.6 Å². The quantitative estimate of drug-likeness (QED) is 0.656. The number of halogens is 1. The molecule has 0 aliphatic carbocycles. The fourth-order valence-corrected chi connectivity index (χ4v) is 1.84. The Morgan fingerprint density at radius 1 is 1.19 bits per heavy atom. The van der Waals surface area contributed by atoms with Gasteiger partial charge in [-0.25, -0.2) is 0 Å². The molecule has 0 aliphatic heterocycles. The van der Waals surface area contributed by atoms with Gasteiger partial charge in [0, 0.05) is 16.8 Å². The summed E-state index contributed by atoms with van der Waals surface area (Å²) in [6.07, 6.45) is 1.60. The lowest BCUT2D eigenvalue weighted by Gasteiger charge is -2.05. The molecule has 0 saturated heterocycles. The molecule has 0 saturated carbocycles. The zero-order chi connectivity index (χ0) is 15.1. The number of aliphatic imine (C=N–C) groups is 1. The summed E-state index contributed by atoms with van der Waals surface area (Å²) in [4.78, 5) is 4.22. The van der Waals surface area contributed by atoms with Crippen LogP contribution in [0.15, 0.2) is 47.5 Å². The molecule has 5 heteroatoms. The Labute approximate surface area is 128 Å². The molecule has 0 atom stereocenters. The highest BCUT2D eigenvalue weighted by atomic mass is 35.5. The van der Waals surface area contributed by atoms with E-state index in [9.17, 15) is 5.11 Å². The molecule has 4 nitrogen and oxygen atoms in total. The van der Waals surface area contributed by atoms with E-state index in [1.54, 1.807) is 48.7 Å². The summed E-state index contributed by atoms with van der Waals surface area (Å²) in [5.74, 6) is 1.26. The lowest BCUT2D eigenvalue weighted by Crippen LogP contribution is -2.01. The minimum absolute atomic E-state index is 0.0855. The largest absolute Gasteiger partial charge is 0.504 e. The van der Waals surface area contributed by atoms with Crippen molar-refractivity contribution in [3.8, 4) is 17.2 Å². The van der Waals surface area contributed by atoms with Gasteiger partial charge in [0.2, 0.25) is 0 Å². The molecule has 0 bridgehead atoms. The molecule has 0 radical (unpaired) electrons. The van der Waals surface area contributed by atoms with Crippen LogP contribution >= 0.6 is 11.6 Å². The highest BCUT2D eigenvalue weighted by Crippen LogP contribution is 2.27. The molecular weight excluding hydrogens is 290 g/mol. The highest BCUT2D eigenvalue weighted by molar-refractivity contribution is 6.30. The van der Waals surface area contributed by atoms with Crippen LogP contribution < -0.4 is 9.47 Å². The Kier molecular flexibility index (Phi) is 5.46. The van der Waals surface area contributed by atoms with Crippen LogP contribution in [0, 0.1) is 0 Å². The van der Waals surface area contributed by atoms with Gasteiger partial charge in [-0.2, -0.15) is 0 Å². The summed E-state index contributed by atoms with van der Waals surface area (Å²) in [7, 11) is 1.51. The van der Waals surface area contributed by atoms with Crippen LogP contribution in [0.1, 0.15) is 5.56 Å². The molecule has 0 unspecified atom stereocenters. The first kappa shape index (κ1) is 15.2. The number of rotatable bonds is 6. The van der Waals surface area contributed by atoms with Crippen molar-refractivity contribution in [2.45, 2.75) is 0 Å². The van der Waals surface area contributed by atoms with E-state index < -0.39 is 0 Å². The van der Waals surface area contributed by atoms with E-state index in [1.165, 1.54) is 7.11 Å². The monoisotopic (exact) mass is 305 g/mol. The molecule has 110 valence electrons. The maximum Gasteiger partial charge on any atom is 0.166 e. The number of benzene rings is 2. The van der Waals surface area contributed by atoms with Gasteiger partial charge in [0.15, 0.2) is 11.5 Å². The number of phenolic OH excluding ortho intramolecular Hbond substituents is 1. The Balaban J connectivity index is 1.84. The van der Waals surface area contributed by atoms with Crippen LogP contribution in [0.3, 0.4) is 0 Å². The third kappa shape index (κ3) is 4.39. The molecule has 2 rings (SSSR count). The summed E-state index contributed by atoms with van der Waals surface area (Å²) < 4.78 is 10.5. The molecule has 2 aromatic rings. The Morgan fingerprint density at radius 2 is 1.95 bits per heavy atom. The van der Waals surface area contributed by atoms with Gasteiger partial charge < -0.3 is 14.6 Å². The first-order valence-electron chi connectivity index (χ1n) is 6.45. The van der Waals surface area contributed by atoms with Crippen LogP contribution in [0.5, 0.6) is 17.2 Å². The normalized spacial score (nSPS) is 10.8. The fourth-order valence-electron chi connectivity index (χ4n) is 1.72. The second kappa shape index (κ2) is 7.55. The summed E-state index contributed by atoms with van der Waals surface area (Å²) in [6, 6.07) is 12.4. The van der Waals surface area contributed by atoms with E-state index in [4.69, 9.17) is 21.1 Å². The van der Waals surface area contributed by atoms with Crippen molar-refractivity contribution in [1.29, 1.82) is 0 Å². The second-order valence-electron chi connectivity index (χ2n) is 4.24. The average molecular weight is 306 g/mol. The van der Waals surface area contributed by atoms with Gasteiger partial charge in [0.05, 0.1) is 13.7 Å². The first-order valence-corrected chi connectivity index (χ1v) is 6.82. The molecular formula is C16H16ClNO3. The number of hydrogen-bond donors (Lipinski definition) is 1. The van der Waals surface area contributed by atoms with Crippen molar-refractivity contribution < 1.29 is 14.6 Å². The number of nitrogens with zero attached hydrogens (tertiary/aromatic N) is 1. The van der Waals surface area contributed by atoms with E-state index >= 15 is 0 Å². The highest BCUT2D eigenvalue weighted by Gasteiger charge is 2.04. The molecule has 2 aromatic carbocycles. The third-order valence-electron chi connectivity index (χ3n) is 2.78. The predicted octanol–water partition coefficient (Wildman–Crippen LogP) is 3.55. The summed E-state index contributed by atoms with van der Waals surface area (Å²) in [5.41, 5.74) is 0.612. The number of methoxy groups -OCH3 is 1. The topological polar surface area (TPSA) is 51.0 Å². The molecule has 0 amide bonds. The van der Waals surface area contributed by atoms with Crippen molar-refractivity contribution in [3.05, 3.63) is 53.1 Å². The zero-order valence-electron chi connectivity index (χ0n) is 11.6. The molecule has 1 N–H and O–H groups in total. The maximum absolute atomic E-state index is 9.89. The molecule has 0 heterocycles. The van der Waals surface area contributed by atoms with Gasteiger partial charge in [0.1, 0.15) is 12.4 Å². The van der Waals surface area contributed by atoms with Gasteiger partial charge in [-0.1, -0.05) is 17.7 Å². The van der Waals surface area contributed by atoms with Crippen molar-refractivity contribution >= 4 is 17.8 Å². The van der Waals surface area contributed by atoms with E-state index in [0.29, 0.717) is 29.5 Å². The van der Waals surface area contributed by atoms with Gasteiger partial charge in [0.25, 0.3) is 0 Å². The average Bonchev–Trinajstić information content (AvgIpc) is 2.50. The van der Waals surface area contributed by atoms with Crippen LogP contribution in [0.2, 0.25) is 5.02 Å². The maximum atomic E-state index is 9.89. The van der Waals surface area contributed by atoms with Crippen LogP contribution in [-0.2, 0) is 0 Å². The third-order valence-corrected chi connectivity index (χ3v) is 3.04. The van der Waals surface area contributed by atoms with Crippen LogP contribution in [0.25, 0.3) is 0 Å². The van der Waals surface area contributed by atoms with Crippen LogP contribution in [0.4, 0.5) is 0 Å². The van der Waals surface area contributed by atoms with E-state index in [2.05, 4.69) is 4.99 Å². The predicted molar refractivity (Wildman–Crippen MR) is 84.1 cm³/mol. The minimum Gasteiger partial charge on any atom is -0.504 e. The van der Waals surface area contributed by atoms with E-state index in [1.807, 2.05) is 0 Å². The van der Waals surface area contributed by atoms with Crippen molar-refractivity contribution in [2.75, 3.05) is 20.3 Å². The van der Waals surface area contributed by atoms with E-state index in [0.717, 1.165) is 5.75 Å². The lowest BCUT2D eigenvalue weighted by atomic mass is 10.2. The van der Waals surface area contributed by atoms with Gasteiger partial charge >= 0.3 is 0 Å². The number of para-hydroxylation sites is 1. The van der Waals surface area contributed by atoms with Crippen molar-refractivity contribution in [3.63, 3.8) is 0 Å². The Hall–Kier alpha value is -2.20. The number of ether oxygens (including phenoxy) is 2. The molecule has 0 fully saturated rings. The molecule has 0 aliphatic rings. The minimum atomic E-state index is 0.0855. The number of hydrogen-bond acceptors (Lipinski definition) is 4. The lowest BCUT2D eigenvalue weighted by molar-refractivity contribution is 0.329. The van der Waals surface area contributed by atoms with Gasteiger partial charge in [-0.15, -0.1) is 0 Å². The van der Waals surface area contributed by atoms with E-state index in [-0.39, 0.29) is 5.75 Å². The van der Waals surface area contributed by atoms with Gasteiger partial charge in [-0.3, -0.25) is 4.99 Å².